The van der Waals surface area contributed by atoms with Crippen LogP contribution in [-0.2, 0) is 21.3 Å². The van der Waals surface area contributed by atoms with Gasteiger partial charge in [-0.3, -0.25) is 14.6 Å². The molecule has 11 heteroatoms. The van der Waals surface area contributed by atoms with E-state index >= 15 is 0 Å². The van der Waals surface area contributed by atoms with Gasteiger partial charge in [-0.15, -0.1) is 0 Å². The number of morpholine rings is 1. The molecule has 3 aromatic rings. The van der Waals surface area contributed by atoms with Crippen LogP contribution in [0.1, 0.15) is 18.2 Å². The topological polar surface area (TPSA) is 111 Å². The van der Waals surface area contributed by atoms with E-state index in [1.807, 2.05) is 30.0 Å². The van der Waals surface area contributed by atoms with Crippen LogP contribution in [0.3, 0.4) is 0 Å². The summed E-state index contributed by atoms with van der Waals surface area (Å²) in [6.45, 7) is 4.26. The van der Waals surface area contributed by atoms with Crippen LogP contribution in [0.4, 0.5) is 20.2 Å². The summed E-state index contributed by atoms with van der Waals surface area (Å²) in [6.07, 6.45) is 2.18. The summed E-state index contributed by atoms with van der Waals surface area (Å²) in [5, 5.41) is 21.9. The summed E-state index contributed by atoms with van der Waals surface area (Å²) < 4.78 is 49.8. The maximum absolute atomic E-state index is 14.5. The molecule has 1 aliphatic heterocycles. The first-order valence-corrected chi connectivity index (χ1v) is 13.9. The number of ether oxygens (including phenoxy) is 1. The second-order valence-corrected chi connectivity index (χ2v) is 11.1. The van der Waals surface area contributed by atoms with E-state index in [9.17, 15) is 18.1 Å². The van der Waals surface area contributed by atoms with E-state index in [0.717, 1.165) is 23.4 Å². The third kappa shape index (κ3) is 5.63. The molecule has 4 rings (SSSR count). The number of nitrogens with zero attached hydrogens (tertiary/aromatic N) is 2. The third-order valence-corrected chi connectivity index (χ3v) is 8.45. The molecular formula is C26H31F2N5O3S. The van der Waals surface area contributed by atoms with Crippen molar-refractivity contribution in [3.05, 3.63) is 71.6 Å². The Bertz CT molecular complexity index is 1350. The van der Waals surface area contributed by atoms with Gasteiger partial charge in [-0.2, -0.15) is 0 Å². The first kappa shape index (κ1) is 26.6. The normalized spacial score (nSPS) is 14.4. The van der Waals surface area contributed by atoms with Gasteiger partial charge < -0.3 is 24.8 Å². The van der Waals surface area contributed by atoms with E-state index < -0.39 is 27.7 Å². The van der Waals surface area contributed by atoms with Gasteiger partial charge in [0.1, 0.15) is 23.4 Å². The monoisotopic (exact) mass is 531 g/mol. The molecule has 0 unspecified atom stereocenters. The quantitative estimate of drug-likeness (QED) is 0.173. The highest BCUT2D eigenvalue weighted by Crippen LogP contribution is 2.32. The number of nitrogens with one attached hydrogen (secondary N) is 3. The molecule has 8 nitrogen and oxygen atoms in total. The number of anilines is 2. The Morgan fingerprint density at radius 2 is 1.89 bits per heavy atom. The molecule has 0 spiro atoms. The van der Waals surface area contributed by atoms with E-state index in [-0.39, 0.29) is 4.90 Å². The molecule has 0 atom stereocenters. The number of pyridine rings is 1. The van der Waals surface area contributed by atoms with Crippen LogP contribution < -0.4 is 10.0 Å². The number of aliphatic hydroxyl groups excluding tert-OH is 1. The maximum Gasteiger partial charge on any atom is 0.141 e. The number of aromatic nitrogens is 1. The predicted molar refractivity (Wildman–Crippen MR) is 143 cm³/mol. The Morgan fingerprint density at radius 1 is 1.14 bits per heavy atom. The van der Waals surface area contributed by atoms with Crippen LogP contribution in [0.5, 0.6) is 0 Å². The summed E-state index contributed by atoms with van der Waals surface area (Å²) in [4.78, 5) is 6.19. The number of thiol groups is 1. The van der Waals surface area contributed by atoms with Gasteiger partial charge in [0, 0.05) is 59.3 Å². The standard InChI is InChI=1S/C26H31F2N5O3S/c1-3-22-24(32-37(35,16-34)25-7-5-19(27)14-21(25)28)13-18(15-31-22)17-4-6-23(30-2)20(12-17)26(29)33-8-10-36-11-9-33/h4-7,12-15,29-30,34,37H,3,8-11,16H2,1-2H3,(H,32,35). The zero-order valence-corrected chi connectivity index (χ0v) is 21.6. The average Bonchev–Trinajstić information content (AvgIpc) is 2.92. The zero-order valence-electron chi connectivity index (χ0n) is 20.7. The lowest BCUT2D eigenvalue weighted by molar-refractivity contribution is 0.0680. The molecule has 2 aromatic carbocycles. The van der Waals surface area contributed by atoms with E-state index in [2.05, 4.69) is 15.0 Å². The Hall–Kier alpha value is -3.41. The van der Waals surface area contributed by atoms with Gasteiger partial charge in [0.25, 0.3) is 0 Å². The van der Waals surface area contributed by atoms with Crippen molar-refractivity contribution < 1.29 is 22.8 Å². The van der Waals surface area contributed by atoms with Crippen molar-refractivity contribution in [2.24, 2.45) is 0 Å². The molecule has 37 heavy (non-hydrogen) atoms. The Kier molecular flexibility index (Phi) is 8.16. The Morgan fingerprint density at radius 3 is 2.54 bits per heavy atom. The van der Waals surface area contributed by atoms with Gasteiger partial charge in [-0.1, -0.05) is 13.0 Å². The van der Waals surface area contributed by atoms with Crippen LogP contribution >= 0.6 is 0 Å². The number of aliphatic hydroxyl groups is 1. The fraction of sp³-hybridized carbons (Fsp3) is 0.308. The van der Waals surface area contributed by atoms with Crippen LogP contribution in [0.2, 0.25) is 0 Å². The number of halogens is 2. The van der Waals surface area contributed by atoms with E-state index in [1.165, 1.54) is 0 Å². The lowest BCUT2D eigenvalue weighted by Crippen LogP contribution is -2.40. The van der Waals surface area contributed by atoms with Gasteiger partial charge in [-0.25, -0.2) is 8.78 Å². The number of hydrogen-bond donors (Lipinski definition) is 5. The lowest BCUT2D eigenvalue weighted by atomic mass is 10.0. The maximum atomic E-state index is 14.5. The highest BCUT2D eigenvalue weighted by molar-refractivity contribution is 8.04. The second-order valence-electron chi connectivity index (χ2n) is 8.62. The Balaban J connectivity index is 1.72. The van der Waals surface area contributed by atoms with Gasteiger partial charge in [-0.05, 0) is 42.3 Å². The molecule has 198 valence electrons. The van der Waals surface area contributed by atoms with Crippen molar-refractivity contribution in [3.63, 3.8) is 0 Å². The van der Waals surface area contributed by atoms with Crippen LogP contribution in [-0.4, -0.2) is 64.3 Å². The highest BCUT2D eigenvalue weighted by Gasteiger charge is 2.24. The van der Waals surface area contributed by atoms with E-state index in [0.29, 0.717) is 67.1 Å². The van der Waals surface area contributed by atoms with Crippen molar-refractivity contribution in [2.75, 3.05) is 49.3 Å². The molecule has 0 aliphatic carbocycles. The third-order valence-electron chi connectivity index (χ3n) is 6.31. The van der Waals surface area contributed by atoms with Crippen molar-refractivity contribution in [1.82, 2.24) is 9.88 Å². The minimum absolute atomic E-state index is 0.288. The molecule has 4 N–H and O–H groups in total. The van der Waals surface area contributed by atoms with Gasteiger partial charge in [0.2, 0.25) is 0 Å². The minimum Gasteiger partial charge on any atom is -0.388 e. The summed E-state index contributed by atoms with van der Waals surface area (Å²) in [5.41, 5.74) is 3.93. The van der Waals surface area contributed by atoms with Gasteiger partial charge >= 0.3 is 0 Å². The smallest absolute Gasteiger partial charge is 0.141 e. The number of aryl methyl sites for hydroxylation is 1. The first-order chi connectivity index (χ1) is 17.8. The van der Waals surface area contributed by atoms with E-state index in [4.69, 9.17) is 10.1 Å². The minimum atomic E-state index is -3.88. The largest absolute Gasteiger partial charge is 0.388 e. The number of rotatable bonds is 8. The van der Waals surface area contributed by atoms with Gasteiger partial charge in [0.15, 0.2) is 0 Å². The fourth-order valence-corrected chi connectivity index (χ4v) is 5.92. The number of hydrogen-bond acceptors (Lipinski definition) is 6. The molecule has 0 radical (unpaired) electrons. The molecular weight excluding hydrogens is 500 g/mol. The van der Waals surface area contributed by atoms with Crippen molar-refractivity contribution in [3.8, 4) is 11.1 Å². The fourth-order valence-electron chi connectivity index (χ4n) is 4.27. The molecule has 0 amide bonds. The zero-order chi connectivity index (χ0) is 26.6. The summed E-state index contributed by atoms with van der Waals surface area (Å²) >= 11 is 0. The summed E-state index contributed by atoms with van der Waals surface area (Å²) in [6, 6.07) is 10.1. The number of amidine groups is 1. The van der Waals surface area contributed by atoms with Crippen molar-refractivity contribution in [2.45, 2.75) is 18.2 Å². The first-order valence-electron chi connectivity index (χ1n) is 12.0. The summed E-state index contributed by atoms with van der Waals surface area (Å²) in [5.74, 6) is -2.28. The van der Waals surface area contributed by atoms with Gasteiger partial charge in [0.05, 0.1) is 29.5 Å². The molecule has 2 heterocycles. The average molecular weight is 532 g/mol. The van der Waals surface area contributed by atoms with Crippen LogP contribution in [0, 0.1) is 17.0 Å². The number of benzene rings is 2. The summed E-state index contributed by atoms with van der Waals surface area (Å²) in [7, 11) is -2.08. The van der Waals surface area contributed by atoms with E-state index in [1.54, 1.807) is 19.3 Å². The SMILES string of the molecule is CCc1ncc(-c2ccc(NC)c(C(=N)N3CCOCC3)c2)cc1N[SH](=O)(CO)c1ccc(F)cc1F. The molecule has 0 bridgehead atoms. The molecule has 1 aliphatic rings. The predicted octanol–water partition coefficient (Wildman–Crippen LogP) is 3.64. The molecule has 0 saturated carbocycles. The van der Waals surface area contributed by atoms with Crippen LogP contribution in [0.15, 0.2) is 53.6 Å². The molecule has 1 aromatic heterocycles. The van der Waals surface area contributed by atoms with Crippen molar-refractivity contribution in [1.29, 1.82) is 5.41 Å². The molecule has 1 fully saturated rings. The Labute approximate surface area is 215 Å². The van der Waals surface area contributed by atoms with Crippen LogP contribution in [0.25, 0.3) is 11.1 Å². The van der Waals surface area contributed by atoms with Crippen molar-refractivity contribution >= 4 is 27.3 Å². The molecule has 1 saturated heterocycles. The second kappa shape index (κ2) is 11.3. The highest BCUT2D eigenvalue weighted by atomic mass is 32.3. The lowest BCUT2D eigenvalue weighted by Gasteiger charge is -2.30.